The van der Waals surface area contributed by atoms with Crippen molar-refractivity contribution in [3.63, 3.8) is 0 Å². The predicted molar refractivity (Wildman–Crippen MR) is 64.7 cm³/mol. The van der Waals surface area contributed by atoms with Gasteiger partial charge in [0.15, 0.2) is 0 Å². The van der Waals surface area contributed by atoms with Crippen molar-refractivity contribution in [1.82, 2.24) is 10.4 Å². The van der Waals surface area contributed by atoms with Crippen molar-refractivity contribution in [2.75, 3.05) is 20.1 Å². The van der Waals surface area contributed by atoms with E-state index in [2.05, 4.69) is 4.90 Å². The van der Waals surface area contributed by atoms with Crippen LogP contribution in [0.15, 0.2) is 30.3 Å². The Kier molecular flexibility index (Phi) is 3.76. The Bertz CT molecular complexity index is 380. The summed E-state index contributed by atoms with van der Waals surface area (Å²) in [6.07, 6.45) is 0.943. The van der Waals surface area contributed by atoms with Crippen LogP contribution in [-0.4, -0.2) is 36.2 Å². The lowest BCUT2D eigenvalue weighted by atomic mass is 9.80. The lowest BCUT2D eigenvalue weighted by molar-refractivity contribution is -0.135. The molecule has 0 aliphatic carbocycles. The van der Waals surface area contributed by atoms with Gasteiger partial charge in [0.05, 0.1) is 5.92 Å². The molecule has 92 valence electrons. The van der Waals surface area contributed by atoms with Crippen LogP contribution in [0.25, 0.3) is 0 Å². The van der Waals surface area contributed by atoms with Crippen LogP contribution in [0.2, 0.25) is 0 Å². The maximum Gasteiger partial charge on any atom is 0.248 e. The SMILES string of the molecule is CN1CCC(c2ccccc2)C(C(=O)NO)C1. The first kappa shape index (κ1) is 12.1. The predicted octanol–water partition coefficient (Wildman–Crippen LogP) is 1.23. The molecule has 1 aromatic rings. The van der Waals surface area contributed by atoms with E-state index in [1.165, 1.54) is 5.56 Å². The standard InChI is InChI=1S/C13H18N2O2/c1-15-8-7-11(10-5-3-2-4-6-10)12(9-15)13(16)14-17/h2-6,11-12,17H,7-9H2,1H3,(H,14,16). The molecule has 1 heterocycles. The average Bonchev–Trinajstić information content (AvgIpc) is 2.38. The molecule has 2 unspecified atom stereocenters. The number of amides is 1. The van der Waals surface area contributed by atoms with E-state index in [0.29, 0.717) is 6.54 Å². The number of hydrogen-bond donors (Lipinski definition) is 2. The summed E-state index contributed by atoms with van der Waals surface area (Å²) in [7, 11) is 2.00. The first-order chi connectivity index (χ1) is 8.22. The molecule has 1 saturated heterocycles. The maximum absolute atomic E-state index is 11.7. The van der Waals surface area contributed by atoms with Crippen molar-refractivity contribution >= 4 is 5.91 Å². The van der Waals surface area contributed by atoms with Crippen LogP contribution in [0.5, 0.6) is 0 Å². The quantitative estimate of drug-likeness (QED) is 0.597. The van der Waals surface area contributed by atoms with Crippen molar-refractivity contribution < 1.29 is 10.0 Å². The zero-order valence-electron chi connectivity index (χ0n) is 9.97. The number of piperidine rings is 1. The second-order valence-electron chi connectivity index (χ2n) is 4.65. The van der Waals surface area contributed by atoms with Gasteiger partial charge in [-0.2, -0.15) is 0 Å². The Morgan fingerprint density at radius 2 is 2.12 bits per heavy atom. The fourth-order valence-corrected chi connectivity index (χ4v) is 2.56. The van der Waals surface area contributed by atoms with Gasteiger partial charge in [-0.15, -0.1) is 0 Å². The second kappa shape index (κ2) is 5.29. The highest BCUT2D eigenvalue weighted by Crippen LogP contribution is 2.32. The fraction of sp³-hybridized carbons (Fsp3) is 0.462. The summed E-state index contributed by atoms with van der Waals surface area (Å²) >= 11 is 0. The van der Waals surface area contributed by atoms with Gasteiger partial charge in [-0.05, 0) is 31.5 Å². The zero-order valence-corrected chi connectivity index (χ0v) is 9.97. The van der Waals surface area contributed by atoms with Gasteiger partial charge in [0.1, 0.15) is 0 Å². The van der Waals surface area contributed by atoms with Gasteiger partial charge >= 0.3 is 0 Å². The summed E-state index contributed by atoms with van der Waals surface area (Å²) in [4.78, 5) is 13.8. The van der Waals surface area contributed by atoms with Crippen LogP contribution in [0.3, 0.4) is 0 Å². The summed E-state index contributed by atoms with van der Waals surface area (Å²) < 4.78 is 0. The summed E-state index contributed by atoms with van der Waals surface area (Å²) in [6, 6.07) is 10.0. The van der Waals surface area contributed by atoms with Gasteiger partial charge in [0.25, 0.3) is 0 Å². The normalized spacial score (nSPS) is 25.5. The van der Waals surface area contributed by atoms with Crippen molar-refractivity contribution in [3.8, 4) is 0 Å². The van der Waals surface area contributed by atoms with Gasteiger partial charge in [-0.25, -0.2) is 5.48 Å². The molecule has 0 radical (unpaired) electrons. The second-order valence-corrected chi connectivity index (χ2v) is 4.65. The Hall–Kier alpha value is -1.39. The minimum Gasteiger partial charge on any atom is -0.306 e. The molecule has 0 spiro atoms. The van der Waals surface area contributed by atoms with E-state index in [-0.39, 0.29) is 17.7 Å². The molecule has 0 aromatic heterocycles. The highest BCUT2D eigenvalue weighted by Gasteiger charge is 2.33. The summed E-state index contributed by atoms with van der Waals surface area (Å²) in [5, 5.41) is 8.82. The summed E-state index contributed by atoms with van der Waals surface area (Å²) in [5.74, 6) is -0.272. The Balaban J connectivity index is 2.22. The van der Waals surface area contributed by atoms with Crippen LogP contribution in [0.1, 0.15) is 17.9 Å². The number of carbonyl (C=O) groups excluding carboxylic acids is 1. The first-order valence-corrected chi connectivity index (χ1v) is 5.90. The number of hydrogen-bond acceptors (Lipinski definition) is 3. The van der Waals surface area contributed by atoms with Crippen molar-refractivity contribution in [3.05, 3.63) is 35.9 Å². The van der Waals surface area contributed by atoms with E-state index < -0.39 is 0 Å². The third kappa shape index (κ3) is 2.65. The molecular formula is C13H18N2O2. The molecule has 1 aliphatic heterocycles. The molecular weight excluding hydrogens is 216 g/mol. The highest BCUT2D eigenvalue weighted by molar-refractivity contribution is 5.79. The van der Waals surface area contributed by atoms with Crippen LogP contribution >= 0.6 is 0 Å². The highest BCUT2D eigenvalue weighted by atomic mass is 16.5. The number of carbonyl (C=O) groups is 1. The van der Waals surface area contributed by atoms with E-state index >= 15 is 0 Å². The van der Waals surface area contributed by atoms with Gasteiger partial charge in [-0.3, -0.25) is 10.0 Å². The molecule has 1 fully saturated rings. The van der Waals surface area contributed by atoms with Crippen molar-refractivity contribution in [1.29, 1.82) is 0 Å². The zero-order chi connectivity index (χ0) is 12.3. The monoisotopic (exact) mass is 234 g/mol. The molecule has 2 N–H and O–H groups in total. The van der Waals surface area contributed by atoms with E-state index in [1.54, 1.807) is 5.48 Å². The largest absolute Gasteiger partial charge is 0.306 e. The molecule has 1 aliphatic rings. The average molecular weight is 234 g/mol. The smallest absolute Gasteiger partial charge is 0.248 e. The molecule has 4 nitrogen and oxygen atoms in total. The van der Waals surface area contributed by atoms with Gasteiger partial charge < -0.3 is 4.90 Å². The number of likely N-dealkylation sites (tertiary alicyclic amines) is 1. The van der Waals surface area contributed by atoms with Gasteiger partial charge in [0.2, 0.25) is 5.91 Å². The van der Waals surface area contributed by atoms with Crippen LogP contribution in [0.4, 0.5) is 0 Å². The van der Waals surface area contributed by atoms with Crippen LogP contribution in [-0.2, 0) is 4.79 Å². The Morgan fingerprint density at radius 3 is 2.76 bits per heavy atom. The lowest BCUT2D eigenvalue weighted by Gasteiger charge is -2.35. The number of nitrogens with zero attached hydrogens (tertiary/aromatic N) is 1. The fourth-order valence-electron chi connectivity index (χ4n) is 2.56. The molecule has 4 heteroatoms. The molecule has 2 rings (SSSR count). The molecule has 0 bridgehead atoms. The Labute approximate surface area is 101 Å². The molecule has 0 saturated carbocycles. The number of hydroxylamine groups is 1. The van der Waals surface area contributed by atoms with Crippen molar-refractivity contribution in [2.24, 2.45) is 5.92 Å². The van der Waals surface area contributed by atoms with E-state index in [0.717, 1.165) is 13.0 Å². The third-order valence-electron chi connectivity index (χ3n) is 3.49. The van der Waals surface area contributed by atoms with Crippen LogP contribution in [0, 0.1) is 5.92 Å². The molecule has 2 atom stereocenters. The maximum atomic E-state index is 11.7. The summed E-state index contributed by atoms with van der Waals surface area (Å²) in [5.41, 5.74) is 2.96. The minimum absolute atomic E-state index is 0.179. The molecule has 1 amide bonds. The minimum atomic E-state index is -0.287. The van der Waals surface area contributed by atoms with Crippen molar-refractivity contribution in [2.45, 2.75) is 12.3 Å². The van der Waals surface area contributed by atoms with E-state index in [1.807, 2.05) is 37.4 Å². The third-order valence-corrected chi connectivity index (χ3v) is 3.49. The van der Waals surface area contributed by atoms with Crippen LogP contribution < -0.4 is 5.48 Å². The molecule has 1 aromatic carbocycles. The number of nitrogens with one attached hydrogen (secondary N) is 1. The van der Waals surface area contributed by atoms with E-state index in [9.17, 15) is 4.79 Å². The van der Waals surface area contributed by atoms with Gasteiger partial charge in [-0.1, -0.05) is 30.3 Å². The summed E-state index contributed by atoms with van der Waals surface area (Å²) in [6.45, 7) is 1.67. The topological polar surface area (TPSA) is 52.6 Å². The Morgan fingerprint density at radius 1 is 1.41 bits per heavy atom. The lowest BCUT2D eigenvalue weighted by Crippen LogP contribution is -2.44. The van der Waals surface area contributed by atoms with E-state index in [4.69, 9.17) is 5.21 Å². The first-order valence-electron chi connectivity index (χ1n) is 5.90. The van der Waals surface area contributed by atoms with Gasteiger partial charge in [0, 0.05) is 6.54 Å². The molecule has 17 heavy (non-hydrogen) atoms. The number of rotatable bonds is 2. The number of benzene rings is 1.